The van der Waals surface area contributed by atoms with E-state index in [0.717, 1.165) is 26.2 Å². The lowest BCUT2D eigenvalue weighted by Gasteiger charge is -2.37. The molecule has 3 nitrogen and oxygen atoms in total. The van der Waals surface area contributed by atoms with Crippen molar-refractivity contribution in [2.24, 2.45) is 0 Å². The highest BCUT2D eigenvalue weighted by atomic mass is 19.1. The Hall–Kier alpha value is -2.38. The molecule has 2 aromatic carbocycles. The molecule has 2 aromatic rings. The Balaban J connectivity index is 1.66. The van der Waals surface area contributed by atoms with Gasteiger partial charge in [-0.3, -0.25) is 4.90 Å². The van der Waals surface area contributed by atoms with Crippen LogP contribution in [0.15, 0.2) is 36.4 Å². The van der Waals surface area contributed by atoms with Crippen LogP contribution in [0.25, 0.3) is 0 Å². The number of piperazine rings is 1. The molecule has 1 saturated heterocycles. The predicted octanol–water partition coefficient (Wildman–Crippen LogP) is 3.64. The average molecular weight is 323 g/mol. The lowest BCUT2D eigenvalue weighted by molar-refractivity contribution is 0.246. The summed E-state index contributed by atoms with van der Waals surface area (Å²) in [5.41, 5.74) is 5.06. The molecule has 124 valence electrons. The number of hydrogen-bond acceptors (Lipinski definition) is 3. The van der Waals surface area contributed by atoms with Gasteiger partial charge in [0.2, 0.25) is 0 Å². The van der Waals surface area contributed by atoms with Crippen LogP contribution in [-0.4, -0.2) is 31.1 Å². The van der Waals surface area contributed by atoms with E-state index in [9.17, 15) is 4.39 Å². The first-order valence-electron chi connectivity index (χ1n) is 8.30. The Morgan fingerprint density at radius 2 is 1.83 bits per heavy atom. The maximum atomic E-state index is 14.0. The monoisotopic (exact) mass is 323 g/mol. The van der Waals surface area contributed by atoms with Gasteiger partial charge in [0.25, 0.3) is 0 Å². The lowest BCUT2D eigenvalue weighted by Crippen LogP contribution is -2.46. The van der Waals surface area contributed by atoms with Gasteiger partial charge in [-0.05, 0) is 49.2 Å². The van der Waals surface area contributed by atoms with E-state index in [1.54, 1.807) is 6.07 Å². The summed E-state index contributed by atoms with van der Waals surface area (Å²) < 4.78 is 14.0. The molecule has 0 radical (unpaired) electrons. The summed E-state index contributed by atoms with van der Waals surface area (Å²) in [6.45, 7) is 8.52. The van der Waals surface area contributed by atoms with Crippen molar-refractivity contribution in [1.29, 1.82) is 5.26 Å². The van der Waals surface area contributed by atoms with Crippen LogP contribution in [0, 0.1) is 31.0 Å². The van der Waals surface area contributed by atoms with Crippen LogP contribution in [0.5, 0.6) is 0 Å². The van der Waals surface area contributed by atoms with Gasteiger partial charge in [-0.2, -0.15) is 5.26 Å². The van der Waals surface area contributed by atoms with Crippen LogP contribution in [0.2, 0.25) is 0 Å². The maximum Gasteiger partial charge on any atom is 0.127 e. The molecular weight excluding hydrogens is 301 g/mol. The predicted molar refractivity (Wildman–Crippen MR) is 94.5 cm³/mol. The second-order valence-electron chi connectivity index (χ2n) is 6.40. The van der Waals surface area contributed by atoms with Gasteiger partial charge in [0.05, 0.1) is 11.6 Å². The minimum absolute atomic E-state index is 0.231. The highest BCUT2D eigenvalue weighted by molar-refractivity contribution is 5.56. The number of anilines is 1. The molecule has 0 aromatic heterocycles. The standard InChI is InChI=1S/C20H22FN3/c1-15-4-3-5-20(16(15)2)24-10-8-23(9-11-24)14-18-12-17(13-22)6-7-19(18)21/h3-7,12H,8-11,14H2,1-2H3. The number of nitrogens with zero attached hydrogens (tertiary/aromatic N) is 3. The molecule has 0 N–H and O–H groups in total. The zero-order chi connectivity index (χ0) is 17.1. The average Bonchev–Trinajstić information content (AvgIpc) is 2.60. The molecular formula is C20H22FN3. The van der Waals surface area contributed by atoms with E-state index in [-0.39, 0.29) is 5.82 Å². The zero-order valence-electron chi connectivity index (χ0n) is 14.2. The SMILES string of the molecule is Cc1cccc(N2CCN(Cc3cc(C#N)ccc3F)CC2)c1C. The number of nitriles is 1. The van der Waals surface area contributed by atoms with E-state index >= 15 is 0 Å². The number of halogens is 1. The van der Waals surface area contributed by atoms with E-state index in [0.29, 0.717) is 17.7 Å². The molecule has 1 aliphatic heterocycles. The van der Waals surface area contributed by atoms with Gasteiger partial charge >= 0.3 is 0 Å². The zero-order valence-corrected chi connectivity index (χ0v) is 14.2. The number of rotatable bonds is 3. The van der Waals surface area contributed by atoms with E-state index in [2.05, 4.69) is 47.9 Å². The number of benzene rings is 2. The van der Waals surface area contributed by atoms with Crippen molar-refractivity contribution in [2.75, 3.05) is 31.1 Å². The molecule has 0 amide bonds. The quantitative estimate of drug-likeness (QED) is 0.864. The fraction of sp³-hybridized carbons (Fsp3) is 0.350. The first-order chi connectivity index (χ1) is 11.6. The smallest absolute Gasteiger partial charge is 0.127 e. The second kappa shape index (κ2) is 7.02. The molecule has 0 spiro atoms. The van der Waals surface area contributed by atoms with Gasteiger partial charge in [0.1, 0.15) is 5.82 Å². The van der Waals surface area contributed by atoms with E-state index in [4.69, 9.17) is 5.26 Å². The number of aryl methyl sites for hydroxylation is 1. The molecule has 0 unspecified atom stereocenters. The lowest BCUT2D eigenvalue weighted by atomic mass is 10.1. The molecule has 0 aliphatic carbocycles. The van der Waals surface area contributed by atoms with E-state index < -0.39 is 0 Å². The van der Waals surface area contributed by atoms with Crippen molar-refractivity contribution < 1.29 is 4.39 Å². The summed E-state index contributed by atoms with van der Waals surface area (Å²) in [6, 6.07) is 13.1. The van der Waals surface area contributed by atoms with Gasteiger partial charge in [-0.25, -0.2) is 4.39 Å². The van der Waals surface area contributed by atoms with E-state index in [1.807, 2.05) is 0 Å². The molecule has 24 heavy (non-hydrogen) atoms. The van der Waals surface area contributed by atoms with Crippen molar-refractivity contribution in [3.63, 3.8) is 0 Å². The van der Waals surface area contributed by atoms with Crippen molar-refractivity contribution in [3.05, 3.63) is 64.5 Å². The van der Waals surface area contributed by atoms with E-state index in [1.165, 1.54) is 28.9 Å². The third-order valence-electron chi connectivity index (χ3n) is 4.86. The first kappa shape index (κ1) is 16.5. The van der Waals surface area contributed by atoms with Crippen LogP contribution in [-0.2, 0) is 6.54 Å². The van der Waals surface area contributed by atoms with Crippen LogP contribution >= 0.6 is 0 Å². The van der Waals surface area contributed by atoms with Gasteiger partial charge in [0.15, 0.2) is 0 Å². The fourth-order valence-electron chi connectivity index (χ4n) is 3.23. The van der Waals surface area contributed by atoms with Crippen molar-refractivity contribution >= 4 is 5.69 Å². The van der Waals surface area contributed by atoms with Crippen molar-refractivity contribution in [2.45, 2.75) is 20.4 Å². The Morgan fingerprint density at radius 1 is 1.08 bits per heavy atom. The van der Waals surface area contributed by atoms with Crippen LogP contribution in [0.3, 0.4) is 0 Å². The van der Waals surface area contributed by atoms with Crippen molar-refractivity contribution in [1.82, 2.24) is 4.90 Å². The Bertz CT molecular complexity index is 771. The van der Waals surface area contributed by atoms with Gasteiger partial charge in [0, 0.05) is 44.0 Å². The minimum Gasteiger partial charge on any atom is -0.369 e. The molecule has 1 aliphatic rings. The number of hydrogen-bond donors (Lipinski definition) is 0. The first-order valence-corrected chi connectivity index (χ1v) is 8.30. The Kier molecular flexibility index (Phi) is 4.82. The molecule has 0 saturated carbocycles. The van der Waals surface area contributed by atoms with Gasteiger partial charge in [-0.15, -0.1) is 0 Å². The third-order valence-corrected chi connectivity index (χ3v) is 4.86. The fourth-order valence-corrected chi connectivity index (χ4v) is 3.23. The van der Waals surface area contributed by atoms with Crippen LogP contribution < -0.4 is 4.90 Å². The molecule has 3 rings (SSSR count). The molecule has 0 bridgehead atoms. The normalized spacial score (nSPS) is 15.3. The molecule has 0 atom stereocenters. The second-order valence-corrected chi connectivity index (χ2v) is 6.40. The third kappa shape index (κ3) is 3.42. The summed E-state index contributed by atoms with van der Waals surface area (Å²) in [5, 5.41) is 8.98. The van der Waals surface area contributed by atoms with Crippen LogP contribution in [0.4, 0.5) is 10.1 Å². The highest BCUT2D eigenvalue weighted by Gasteiger charge is 2.19. The Labute approximate surface area is 142 Å². The highest BCUT2D eigenvalue weighted by Crippen LogP contribution is 2.24. The minimum atomic E-state index is -0.231. The van der Waals surface area contributed by atoms with Gasteiger partial charge in [-0.1, -0.05) is 12.1 Å². The summed E-state index contributed by atoms with van der Waals surface area (Å²) >= 11 is 0. The topological polar surface area (TPSA) is 30.3 Å². The largest absolute Gasteiger partial charge is 0.369 e. The van der Waals surface area contributed by atoms with Gasteiger partial charge < -0.3 is 4.90 Å². The Morgan fingerprint density at radius 3 is 2.54 bits per heavy atom. The van der Waals surface area contributed by atoms with Crippen molar-refractivity contribution in [3.8, 4) is 6.07 Å². The summed E-state index contributed by atoms with van der Waals surface area (Å²) in [4.78, 5) is 4.65. The summed E-state index contributed by atoms with van der Waals surface area (Å²) in [5.74, 6) is -0.231. The molecule has 1 heterocycles. The maximum absolute atomic E-state index is 14.0. The van der Waals surface area contributed by atoms with Crippen LogP contribution in [0.1, 0.15) is 22.3 Å². The molecule has 1 fully saturated rings. The summed E-state index contributed by atoms with van der Waals surface area (Å²) in [6.07, 6.45) is 0. The molecule has 4 heteroatoms. The summed E-state index contributed by atoms with van der Waals surface area (Å²) in [7, 11) is 0.